The fraction of sp³-hybridized carbons (Fsp3) is 0.862. The maximum absolute atomic E-state index is 11.4. The standard InChI is InChI=1S/C29H52O3/c1-2-3-4-5-6-7-8-9-10-11-12-13-14-15-16-17-18-19-20-21-22-23-24-25-27-26-28(30)32-29(27)31/h19-20,27H,2-18,21-26H2,1H3. The van der Waals surface area contributed by atoms with E-state index in [1.807, 2.05) is 0 Å². The van der Waals surface area contributed by atoms with Crippen molar-refractivity contribution in [3.63, 3.8) is 0 Å². The van der Waals surface area contributed by atoms with Gasteiger partial charge in [-0.3, -0.25) is 9.59 Å². The van der Waals surface area contributed by atoms with Crippen molar-refractivity contribution < 1.29 is 14.3 Å². The summed E-state index contributed by atoms with van der Waals surface area (Å²) in [5, 5.41) is 0. The average molecular weight is 449 g/mol. The minimum atomic E-state index is -0.350. The van der Waals surface area contributed by atoms with Gasteiger partial charge in [0.05, 0.1) is 12.3 Å². The van der Waals surface area contributed by atoms with Crippen LogP contribution in [0.3, 0.4) is 0 Å². The van der Waals surface area contributed by atoms with E-state index in [2.05, 4.69) is 23.8 Å². The van der Waals surface area contributed by atoms with Crippen LogP contribution in [0.1, 0.15) is 155 Å². The van der Waals surface area contributed by atoms with Crippen LogP contribution >= 0.6 is 0 Å². The van der Waals surface area contributed by atoms with Crippen LogP contribution in [-0.2, 0) is 14.3 Å². The van der Waals surface area contributed by atoms with Crippen LogP contribution in [0, 0.1) is 5.92 Å². The number of carbonyl (C=O) groups is 2. The smallest absolute Gasteiger partial charge is 0.317 e. The Morgan fingerprint density at radius 2 is 1.03 bits per heavy atom. The molecule has 0 N–H and O–H groups in total. The molecule has 0 aliphatic carbocycles. The van der Waals surface area contributed by atoms with Crippen LogP contribution in [0.15, 0.2) is 12.2 Å². The fourth-order valence-corrected chi connectivity index (χ4v) is 4.62. The Morgan fingerprint density at radius 3 is 1.44 bits per heavy atom. The van der Waals surface area contributed by atoms with Crippen molar-refractivity contribution in [1.82, 2.24) is 0 Å². The second-order valence-electron chi connectivity index (χ2n) is 9.90. The molecule has 1 atom stereocenters. The first-order valence-corrected chi connectivity index (χ1v) is 14.1. The second kappa shape index (κ2) is 21.7. The van der Waals surface area contributed by atoms with Gasteiger partial charge in [0.1, 0.15) is 0 Å². The lowest BCUT2D eigenvalue weighted by molar-refractivity contribution is -0.153. The SMILES string of the molecule is CCCCCCCCCCCCCCCCCCC=CCCCCCC1CC(=O)OC1=O. The molecule has 3 heteroatoms. The first kappa shape index (κ1) is 28.9. The predicted molar refractivity (Wildman–Crippen MR) is 136 cm³/mol. The van der Waals surface area contributed by atoms with E-state index in [4.69, 9.17) is 0 Å². The van der Waals surface area contributed by atoms with Gasteiger partial charge in [0.2, 0.25) is 0 Å². The zero-order valence-electron chi connectivity index (χ0n) is 21.2. The molecule has 0 spiro atoms. The molecule has 1 aliphatic heterocycles. The van der Waals surface area contributed by atoms with Crippen molar-refractivity contribution in [1.29, 1.82) is 0 Å². The summed E-state index contributed by atoms with van der Waals surface area (Å²) in [5.74, 6) is -0.835. The Kier molecular flexibility index (Phi) is 19.6. The Morgan fingerprint density at radius 1 is 0.625 bits per heavy atom. The lowest BCUT2D eigenvalue weighted by atomic mass is 9.99. The van der Waals surface area contributed by atoms with Crippen LogP contribution in [0.2, 0.25) is 0 Å². The lowest BCUT2D eigenvalue weighted by Gasteiger charge is -2.03. The Labute approximate surface area is 199 Å². The second-order valence-corrected chi connectivity index (χ2v) is 9.90. The topological polar surface area (TPSA) is 43.4 Å². The number of cyclic esters (lactones) is 2. The molecule has 1 fully saturated rings. The highest BCUT2D eigenvalue weighted by atomic mass is 16.6. The van der Waals surface area contributed by atoms with Gasteiger partial charge in [-0.05, 0) is 32.1 Å². The van der Waals surface area contributed by atoms with E-state index in [-0.39, 0.29) is 24.3 Å². The molecule has 0 saturated carbocycles. The van der Waals surface area contributed by atoms with Crippen molar-refractivity contribution in [2.45, 2.75) is 155 Å². The number of esters is 2. The average Bonchev–Trinajstić information content (AvgIpc) is 3.11. The summed E-state index contributed by atoms with van der Waals surface area (Å²) in [6.07, 6.45) is 34.2. The number of hydrogen-bond donors (Lipinski definition) is 0. The minimum Gasteiger partial charge on any atom is -0.393 e. The van der Waals surface area contributed by atoms with Crippen molar-refractivity contribution >= 4 is 11.9 Å². The summed E-state index contributed by atoms with van der Waals surface area (Å²) in [5.41, 5.74) is 0. The molecule has 0 aromatic carbocycles. The quantitative estimate of drug-likeness (QED) is 0.0677. The van der Waals surface area contributed by atoms with Gasteiger partial charge >= 0.3 is 11.9 Å². The maximum Gasteiger partial charge on any atom is 0.317 e. The van der Waals surface area contributed by atoms with E-state index in [0.29, 0.717) is 0 Å². The number of carbonyl (C=O) groups excluding carboxylic acids is 2. The molecule has 1 heterocycles. The van der Waals surface area contributed by atoms with Crippen LogP contribution < -0.4 is 0 Å². The van der Waals surface area contributed by atoms with Gasteiger partial charge < -0.3 is 4.74 Å². The van der Waals surface area contributed by atoms with E-state index in [0.717, 1.165) is 25.7 Å². The number of rotatable bonds is 23. The lowest BCUT2D eigenvalue weighted by Crippen LogP contribution is -2.06. The van der Waals surface area contributed by atoms with Gasteiger partial charge in [-0.25, -0.2) is 0 Å². The van der Waals surface area contributed by atoms with Gasteiger partial charge in [-0.2, -0.15) is 0 Å². The van der Waals surface area contributed by atoms with Gasteiger partial charge in [-0.1, -0.05) is 128 Å². The van der Waals surface area contributed by atoms with E-state index in [9.17, 15) is 9.59 Å². The van der Waals surface area contributed by atoms with E-state index in [1.165, 1.54) is 116 Å². The van der Waals surface area contributed by atoms with Crippen LogP contribution in [0.5, 0.6) is 0 Å². The molecule has 0 aromatic heterocycles. The molecule has 0 amide bonds. The third kappa shape index (κ3) is 17.4. The monoisotopic (exact) mass is 448 g/mol. The van der Waals surface area contributed by atoms with Crippen LogP contribution in [0.4, 0.5) is 0 Å². The van der Waals surface area contributed by atoms with E-state index in [1.54, 1.807) is 0 Å². The summed E-state index contributed by atoms with van der Waals surface area (Å²) in [6, 6.07) is 0. The van der Waals surface area contributed by atoms with E-state index >= 15 is 0 Å². The molecule has 1 rings (SSSR count). The molecule has 3 nitrogen and oxygen atoms in total. The molecule has 1 saturated heterocycles. The van der Waals surface area contributed by atoms with Crippen molar-refractivity contribution in [3.05, 3.63) is 12.2 Å². The molecule has 186 valence electrons. The molecule has 32 heavy (non-hydrogen) atoms. The van der Waals surface area contributed by atoms with Gasteiger partial charge in [-0.15, -0.1) is 0 Å². The third-order valence-electron chi connectivity index (χ3n) is 6.78. The molecular weight excluding hydrogens is 396 g/mol. The van der Waals surface area contributed by atoms with Crippen LogP contribution in [-0.4, -0.2) is 11.9 Å². The van der Waals surface area contributed by atoms with Crippen molar-refractivity contribution in [3.8, 4) is 0 Å². The first-order chi connectivity index (χ1) is 15.7. The highest BCUT2D eigenvalue weighted by molar-refractivity contribution is 5.94. The molecule has 0 radical (unpaired) electrons. The van der Waals surface area contributed by atoms with Crippen molar-refractivity contribution in [2.24, 2.45) is 5.92 Å². The largest absolute Gasteiger partial charge is 0.393 e. The molecule has 0 aromatic rings. The van der Waals surface area contributed by atoms with Gasteiger partial charge in [0.15, 0.2) is 0 Å². The zero-order valence-corrected chi connectivity index (χ0v) is 21.2. The molecular formula is C29H52O3. The predicted octanol–water partition coefficient (Wildman–Crippen LogP) is 9.23. The summed E-state index contributed by atoms with van der Waals surface area (Å²) < 4.78 is 4.59. The third-order valence-corrected chi connectivity index (χ3v) is 6.78. The first-order valence-electron chi connectivity index (χ1n) is 14.1. The van der Waals surface area contributed by atoms with Gasteiger partial charge in [0.25, 0.3) is 0 Å². The zero-order chi connectivity index (χ0) is 23.1. The number of hydrogen-bond acceptors (Lipinski definition) is 3. The van der Waals surface area contributed by atoms with Crippen LogP contribution in [0.25, 0.3) is 0 Å². The normalized spacial score (nSPS) is 16.3. The fourth-order valence-electron chi connectivity index (χ4n) is 4.62. The number of allylic oxidation sites excluding steroid dienone is 2. The number of unbranched alkanes of at least 4 members (excludes halogenated alkanes) is 19. The highest BCUT2D eigenvalue weighted by Gasteiger charge is 2.32. The van der Waals surface area contributed by atoms with E-state index < -0.39 is 0 Å². The summed E-state index contributed by atoms with van der Waals surface area (Å²) in [7, 11) is 0. The molecule has 1 unspecified atom stereocenters. The Hall–Kier alpha value is -1.12. The molecule has 1 aliphatic rings. The van der Waals surface area contributed by atoms with Crippen molar-refractivity contribution in [2.75, 3.05) is 0 Å². The summed E-state index contributed by atoms with van der Waals surface area (Å²) in [4.78, 5) is 22.4. The minimum absolute atomic E-state index is 0.173. The Bertz CT molecular complexity index is 483. The molecule has 0 bridgehead atoms. The summed E-state index contributed by atoms with van der Waals surface area (Å²) >= 11 is 0. The Balaban J connectivity index is 1.70. The number of ether oxygens (including phenoxy) is 1. The summed E-state index contributed by atoms with van der Waals surface area (Å²) in [6.45, 7) is 2.29. The highest BCUT2D eigenvalue weighted by Crippen LogP contribution is 2.22. The van der Waals surface area contributed by atoms with Gasteiger partial charge in [0, 0.05) is 0 Å². The maximum atomic E-state index is 11.4.